The summed E-state index contributed by atoms with van der Waals surface area (Å²) < 4.78 is 0. The normalized spacial score (nSPS) is 11.5. The highest BCUT2D eigenvalue weighted by molar-refractivity contribution is 6.06. The summed E-state index contributed by atoms with van der Waals surface area (Å²) in [6.45, 7) is 0. The molecule has 0 bridgehead atoms. The van der Waals surface area contributed by atoms with Crippen molar-refractivity contribution < 1.29 is 0 Å². The second kappa shape index (κ2) is 10.8. The molecule has 46 heavy (non-hydrogen) atoms. The summed E-state index contributed by atoms with van der Waals surface area (Å²) in [5, 5.41) is 6.92. The van der Waals surface area contributed by atoms with Crippen LogP contribution in [0.3, 0.4) is 0 Å². The Kier molecular flexibility index (Phi) is 6.14. The molecule has 3 heteroatoms. The summed E-state index contributed by atoms with van der Waals surface area (Å²) in [6, 6.07) is 51.6. The average Bonchev–Trinajstić information content (AvgIpc) is 3.14. The maximum Gasteiger partial charge on any atom is 0.0964 e. The predicted octanol–water partition coefficient (Wildman–Crippen LogP) is 11.2. The van der Waals surface area contributed by atoms with E-state index in [4.69, 9.17) is 9.97 Å². The van der Waals surface area contributed by atoms with E-state index in [0.717, 1.165) is 66.3 Å². The second-order valence-corrected chi connectivity index (χ2v) is 11.7. The quantitative estimate of drug-likeness (QED) is 0.193. The van der Waals surface area contributed by atoms with E-state index in [-0.39, 0.29) is 0 Å². The van der Waals surface area contributed by atoms with Crippen LogP contribution in [0.5, 0.6) is 0 Å². The Hall–Kier alpha value is -6.19. The highest BCUT2D eigenvalue weighted by atomic mass is 14.7. The van der Waals surface area contributed by atoms with Crippen molar-refractivity contribution in [1.82, 2.24) is 15.0 Å². The zero-order valence-corrected chi connectivity index (χ0v) is 24.9. The molecule has 0 spiro atoms. The highest BCUT2D eigenvalue weighted by Gasteiger charge is 2.16. The molecule has 0 unspecified atom stereocenters. The third-order valence-electron chi connectivity index (χ3n) is 8.97. The van der Waals surface area contributed by atoms with Crippen LogP contribution in [0, 0.1) is 0 Å². The Balaban J connectivity index is 1.27. The van der Waals surface area contributed by atoms with Crippen molar-refractivity contribution in [2.45, 2.75) is 0 Å². The van der Waals surface area contributed by atoms with Crippen LogP contribution in [-0.2, 0) is 0 Å². The van der Waals surface area contributed by atoms with E-state index < -0.39 is 0 Å². The van der Waals surface area contributed by atoms with E-state index in [9.17, 15) is 0 Å². The van der Waals surface area contributed by atoms with E-state index >= 15 is 0 Å². The first-order chi connectivity index (χ1) is 22.8. The number of nitrogens with zero attached hydrogens (tertiary/aromatic N) is 3. The van der Waals surface area contributed by atoms with Gasteiger partial charge in [-0.2, -0.15) is 0 Å². The van der Waals surface area contributed by atoms with Crippen molar-refractivity contribution in [3.05, 3.63) is 164 Å². The Morgan fingerprint density at radius 1 is 0.326 bits per heavy atom. The second-order valence-electron chi connectivity index (χ2n) is 11.7. The summed E-state index contributed by atoms with van der Waals surface area (Å²) in [6.07, 6.45) is 5.85. The molecule has 0 amide bonds. The number of benzene rings is 6. The van der Waals surface area contributed by atoms with Gasteiger partial charge in [0.1, 0.15) is 0 Å². The predicted molar refractivity (Wildman–Crippen MR) is 192 cm³/mol. The first kappa shape index (κ1) is 26.2. The number of aromatic nitrogens is 3. The lowest BCUT2D eigenvalue weighted by atomic mass is 9.89. The molecule has 9 aromatic rings. The highest BCUT2D eigenvalue weighted by Crippen LogP contribution is 2.40. The molecule has 0 aliphatic heterocycles. The molecule has 9 rings (SSSR count). The average molecular weight is 586 g/mol. The largest absolute Gasteiger partial charge is 0.255 e. The van der Waals surface area contributed by atoms with Gasteiger partial charge in [0.25, 0.3) is 0 Å². The third-order valence-corrected chi connectivity index (χ3v) is 8.97. The first-order valence-corrected chi connectivity index (χ1v) is 15.5. The van der Waals surface area contributed by atoms with Crippen molar-refractivity contribution in [3.63, 3.8) is 0 Å². The lowest BCUT2D eigenvalue weighted by Crippen LogP contribution is -1.93. The molecule has 0 radical (unpaired) electrons. The molecule has 0 fully saturated rings. The van der Waals surface area contributed by atoms with Gasteiger partial charge in [-0.15, -0.1) is 0 Å². The maximum atomic E-state index is 5.02. The van der Waals surface area contributed by atoms with E-state index in [0.29, 0.717) is 0 Å². The van der Waals surface area contributed by atoms with Crippen molar-refractivity contribution in [2.75, 3.05) is 0 Å². The Morgan fingerprint density at radius 2 is 1.00 bits per heavy atom. The topological polar surface area (TPSA) is 38.7 Å². The van der Waals surface area contributed by atoms with Crippen molar-refractivity contribution in [2.24, 2.45) is 0 Å². The molecule has 0 atom stereocenters. The molecular weight excluding hydrogens is 558 g/mol. The van der Waals surface area contributed by atoms with Gasteiger partial charge in [-0.3, -0.25) is 15.0 Å². The number of hydrogen-bond donors (Lipinski definition) is 0. The Morgan fingerprint density at radius 3 is 1.91 bits per heavy atom. The molecule has 0 saturated carbocycles. The van der Waals surface area contributed by atoms with Crippen LogP contribution in [0.25, 0.3) is 88.0 Å². The van der Waals surface area contributed by atoms with Gasteiger partial charge >= 0.3 is 0 Å². The molecule has 214 valence electrons. The molecule has 6 aromatic carbocycles. The molecule has 0 saturated heterocycles. The SMILES string of the molecule is c1ccc(-c2ncc(-c3ccc(-c4ccc5ccccc5c4)c(-c4cnc5c(ccc6cccnc65)c4)c3)c3ccccc23)cc1. The maximum absolute atomic E-state index is 5.02. The first-order valence-electron chi connectivity index (χ1n) is 15.5. The Bertz CT molecular complexity index is 2590. The van der Waals surface area contributed by atoms with Crippen LogP contribution in [0.1, 0.15) is 0 Å². The van der Waals surface area contributed by atoms with Gasteiger partial charge in [0.05, 0.1) is 16.7 Å². The Labute approximate surface area is 266 Å². The number of hydrogen-bond acceptors (Lipinski definition) is 3. The standard InChI is InChI=1S/C43H27N3/c1-2-10-29(11-3-1)41-38-15-7-6-14-37(38)40(27-46-41)33-20-21-36(32-18-16-28-9-4-5-12-31(28)23-32)39(25-33)35-24-34-19-17-30-13-8-22-44-42(30)43(34)45-26-35/h1-27H. The van der Waals surface area contributed by atoms with E-state index in [2.05, 4.69) is 138 Å². The lowest BCUT2D eigenvalue weighted by molar-refractivity contribution is 1.35. The van der Waals surface area contributed by atoms with Gasteiger partial charge in [-0.25, -0.2) is 0 Å². The minimum Gasteiger partial charge on any atom is -0.255 e. The zero-order valence-electron chi connectivity index (χ0n) is 24.9. The third kappa shape index (κ3) is 4.41. The summed E-state index contributed by atoms with van der Waals surface area (Å²) in [4.78, 5) is 14.7. The fourth-order valence-electron chi connectivity index (χ4n) is 6.69. The van der Waals surface area contributed by atoms with E-state index in [1.165, 1.54) is 21.7 Å². The number of rotatable bonds is 4. The van der Waals surface area contributed by atoms with Gasteiger partial charge in [-0.05, 0) is 62.7 Å². The zero-order chi connectivity index (χ0) is 30.5. The summed E-state index contributed by atoms with van der Waals surface area (Å²) >= 11 is 0. The van der Waals surface area contributed by atoms with Gasteiger partial charge in [0, 0.05) is 51.4 Å². The van der Waals surface area contributed by atoms with Gasteiger partial charge in [0.2, 0.25) is 0 Å². The molecule has 0 aliphatic carbocycles. The van der Waals surface area contributed by atoms with E-state index in [1.807, 2.05) is 30.7 Å². The molecule has 0 N–H and O–H groups in total. The van der Waals surface area contributed by atoms with Crippen molar-refractivity contribution >= 4 is 43.4 Å². The van der Waals surface area contributed by atoms with Gasteiger partial charge < -0.3 is 0 Å². The minimum atomic E-state index is 0.914. The smallest absolute Gasteiger partial charge is 0.0964 e. The fraction of sp³-hybridized carbons (Fsp3) is 0. The number of pyridine rings is 3. The van der Waals surface area contributed by atoms with Crippen molar-refractivity contribution in [3.8, 4) is 44.6 Å². The van der Waals surface area contributed by atoms with Crippen LogP contribution >= 0.6 is 0 Å². The summed E-state index contributed by atoms with van der Waals surface area (Å²) in [5.74, 6) is 0. The van der Waals surface area contributed by atoms with Crippen LogP contribution < -0.4 is 0 Å². The van der Waals surface area contributed by atoms with Crippen LogP contribution in [0.2, 0.25) is 0 Å². The fourth-order valence-corrected chi connectivity index (χ4v) is 6.69. The molecule has 3 aromatic heterocycles. The number of fused-ring (bicyclic) bond motifs is 5. The van der Waals surface area contributed by atoms with Gasteiger partial charge in [-0.1, -0.05) is 121 Å². The van der Waals surface area contributed by atoms with Crippen LogP contribution in [-0.4, -0.2) is 15.0 Å². The lowest BCUT2D eigenvalue weighted by Gasteiger charge is -2.16. The van der Waals surface area contributed by atoms with Crippen molar-refractivity contribution in [1.29, 1.82) is 0 Å². The molecular formula is C43H27N3. The summed E-state index contributed by atoms with van der Waals surface area (Å²) in [7, 11) is 0. The van der Waals surface area contributed by atoms with E-state index in [1.54, 1.807) is 0 Å². The summed E-state index contributed by atoms with van der Waals surface area (Å²) in [5.41, 5.74) is 10.7. The van der Waals surface area contributed by atoms with Crippen LogP contribution in [0.4, 0.5) is 0 Å². The van der Waals surface area contributed by atoms with Crippen LogP contribution in [0.15, 0.2) is 164 Å². The molecule has 3 heterocycles. The molecule has 3 nitrogen and oxygen atoms in total. The minimum absolute atomic E-state index is 0.914. The van der Waals surface area contributed by atoms with Gasteiger partial charge in [0.15, 0.2) is 0 Å². The molecule has 0 aliphatic rings. The monoisotopic (exact) mass is 585 g/mol.